The molecular formula is C25H36O3S. The van der Waals surface area contributed by atoms with E-state index in [4.69, 9.17) is 4.18 Å². The quantitative estimate of drug-likeness (QED) is 0.246. The standard InChI is InChI=1S/C25H36O3S/c1-3-4-5-6-7-8-9-11-16-24(23-17-14-15-22(2)20-23)21-28-29(26,27)25-18-12-10-13-19-25/h10,12-15,17-20,24H,3-9,11,16,21H2,1-2H3. The summed E-state index contributed by atoms with van der Waals surface area (Å²) >= 11 is 0. The second-order valence-corrected chi connectivity index (χ2v) is 9.54. The smallest absolute Gasteiger partial charge is 0.266 e. The molecule has 0 bridgehead atoms. The zero-order valence-corrected chi connectivity index (χ0v) is 18.8. The van der Waals surface area contributed by atoms with Gasteiger partial charge in [-0.25, -0.2) is 0 Å². The van der Waals surface area contributed by atoms with Gasteiger partial charge in [0.2, 0.25) is 0 Å². The monoisotopic (exact) mass is 416 g/mol. The lowest BCUT2D eigenvalue weighted by Crippen LogP contribution is -2.14. The largest absolute Gasteiger partial charge is 0.296 e. The van der Waals surface area contributed by atoms with Gasteiger partial charge in [-0.2, -0.15) is 8.42 Å². The van der Waals surface area contributed by atoms with E-state index in [1.165, 1.54) is 50.5 Å². The Kier molecular flexibility index (Phi) is 10.4. The predicted octanol–water partition coefficient (Wildman–Crippen LogP) is 7.01. The second-order valence-electron chi connectivity index (χ2n) is 7.93. The van der Waals surface area contributed by atoms with Crippen LogP contribution in [-0.4, -0.2) is 15.0 Å². The van der Waals surface area contributed by atoms with E-state index in [0.717, 1.165) is 18.4 Å². The molecule has 2 rings (SSSR count). The highest BCUT2D eigenvalue weighted by Gasteiger charge is 2.19. The van der Waals surface area contributed by atoms with Crippen molar-refractivity contribution in [2.24, 2.45) is 0 Å². The van der Waals surface area contributed by atoms with Gasteiger partial charge in [0, 0.05) is 5.92 Å². The Labute approximate surface area is 177 Å². The van der Waals surface area contributed by atoms with Gasteiger partial charge >= 0.3 is 0 Å². The van der Waals surface area contributed by atoms with Crippen molar-refractivity contribution < 1.29 is 12.6 Å². The molecule has 2 aromatic rings. The van der Waals surface area contributed by atoms with Gasteiger partial charge < -0.3 is 0 Å². The minimum atomic E-state index is -3.72. The average molecular weight is 417 g/mol. The number of benzene rings is 2. The third-order valence-electron chi connectivity index (χ3n) is 5.38. The molecule has 4 heteroatoms. The summed E-state index contributed by atoms with van der Waals surface area (Å²) in [7, 11) is -3.72. The maximum Gasteiger partial charge on any atom is 0.296 e. The summed E-state index contributed by atoms with van der Waals surface area (Å²) in [4.78, 5) is 0.218. The zero-order valence-electron chi connectivity index (χ0n) is 18.0. The molecule has 0 saturated heterocycles. The summed E-state index contributed by atoms with van der Waals surface area (Å²) in [6, 6.07) is 16.7. The molecular weight excluding hydrogens is 380 g/mol. The molecule has 29 heavy (non-hydrogen) atoms. The first kappa shape index (κ1) is 23.6. The fraction of sp³-hybridized carbons (Fsp3) is 0.520. The maximum atomic E-state index is 12.5. The van der Waals surface area contributed by atoms with Crippen LogP contribution in [0.1, 0.15) is 81.8 Å². The first-order valence-corrected chi connectivity index (χ1v) is 12.4. The van der Waals surface area contributed by atoms with Crippen molar-refractivity contribution in [1.29, 1.82) is 0 Å². The van der Waals surface area contributed by atoms with Gasteiger partial charge in [-0.3, -0.25) is 4.18 Å². The number of unbranched alkanes of at least 4 members (excludes halogenated alkanes) is 7. The van der Waals surface area contributed by atoms with Crippen LogP contribution < -0.4 is 0 Å². The second kappa shape index (κ2) is 12.8. The molecule has 0 N–H and O–H groups in total. The van der Waals surface area contributed by atoms with E-state index in [1.807, 2.05) is 6.07 Å². The van der Waals surface area contributed by atoms with Crippen LogP contribution in [0.25, 0.3) is 0 Å². The molecule has 0 aliphatic heterocycles. The normalized spacial score (nSPS) is 12.8. The van der Waals surface area contributed by atoms with Crippen LogP contribution >= 0.6 is 0 Å². The molecule has 0 radical (unpaired) electrons. The third-order valence-corrected chi connectivity index (χ3v) is 6.67. The minimum absolute atomic E-state index is 0.0912. The molecule has 3 nitrogen and oxygen atoms in total. The van der Waals surface area contributed by atoms with Crippen LogP contribution in [0.4, 0.5) is 0 Å². The molecule has 1 atom stereocenters. The van der Waals surface area contributed by atoms with Crippen LogP contribution in [-0.2, 0) is 14.3 Å². The van der Waals surface area contributed by atoms with Crippen molar-refractivity contribution in [2.75, 3.05) is 6.61 Å². The van der Waals surface area contributed by atoms with Gasteiger partial charge in [0.15, 0.2) is 0 Å². The average Bonchev–Trinajstić information content (AvgIpc) is 2.72. The molecule has 0 amide bonds. The summed E-state index contributed by atoms with van der Waals surface area (Å²) in [6.07, 6.45) is 11.1. The first-order chi connectivity index (χ1) is 14.0. The van der Waals surface area contributed by atoms with Crippen LogP contribution in [0.3, 0.4) is 0 Å². The minimum Gasteiger partial charge on any atom is -0.266 e. The molecule has 0 saturated carbocycles. The Morgan fingerprint density at radius 3 is 2.14 bits per heavy atom. The van der Waals surface area contributed by atoms with Gasteiger partial charge in [-0.1, -0.05) is 106 Å². The van der Waals surface area contributed by atoms with E-state index >= 15 is 0 Å². The molecule has 160 valence electrons. The van der Waals surface area contributed by atoms with Crippen molar-refractivity contribution >= 4 is 10.1 Å². The van der Waals surface area contributed by atoms with Gasteiger partial charge in [-0.15, -0.1) is 0 Å². The van der Waals surface area contributed by atoms with E-state index in [9.17, 15) is 8.42 Å². The Bertz CT molecular complexity index is 800. The van der Waals surface area contributed by atoms with E-state index in [2.05, 4.69) is 32.0 Å². The van der Waals surface area contributed by atoms with Crippen LogP contribution in [0.15, 0.2) is 59.5 Å². The molecule has 0 spiro atoms. The summed E-state index contributed by atoms with van der Waals surface area (Å²) < 4.78 is 30.5. The van der Waals surface area contributed by atoms with E-state index in [0.29, 0.717) is 0 Å². The summed E-state index contributed by atoms with van der Waals surface area (Å²) in [6.45, 7) is 4.50. The number of rotatable bonds is 14. The van der Waals surface area contributed by atoms with Gasteiger partial charge in [-0.05, 0) is 31.0 Å². The van der Waals surface area contributed by atoms with Crippen LogP contribution in [0.5, 0.6) is 0 Å². The van der Waals surface area contributed by atoms with Crippen molar-refractivity contribution in [2.45, 2.75) is 82.4 Å². The number of aryl methyl sites for hydroxylation is 1. The summed E-state index contributed by atoms with van der Waals surface area (Å²) in [5.41, 5.74) is 2.35. The molecule has 0 aliphatic carbocycles. The maximum absolute atomic E-state index is 12.5. The fourth-order valence-electron chi connectivity index (χ4n) is 3.62. The van der Waals surface area contributed by atoms with Crippen molar-refractivity contribution in [3.63, 3.8) is 0 Å². The van der Waals surface area contributed by atoms with E-state index in [-0.39, 0.29) is 17.4 Å². The topological polar surface area (TPSA) is 43.4 Å². The van der Waals surface area contributed by atoms with E-state index < -0.39 is 10.1 Å². The first-order valence-electron chi connectivity index (χ1n) is 11.0. The lowest BCUT2D eigenvalue weighted by Gasteiger charge is -2.18. The predicted molar refractivity (Wildman–Crippen MR) is 121 cm³/mol. The highest BCUT2D eigenvalue weighted by Crippen LogP contribution is 2.26. The lowest BCUT2D eigenvalue weighted by atomic mass is 9.92. The zero-order chi connectivity index (χ0) is 21.0. The summed E-state index contributed by atoms with van der Waals surface area (Å²) in [5.74, 6) is 0.0912. The Hall–Kier alpha value is -1.65. The summed E-state index contributed by atoms with van der Waals surface area (Å²) in [5, 5.41) is 0. The van der Waals surface area contributed by atoms with Gasteiger partial charge in [0.1, 0.15) is 0 Å². The van der Waals surface area contributed by atoms with Crippen LogP contribution in [0, 0.1) is 6.92 Å². The highest BCUT2D eigenvalue weighted by molar-refractivity contribution is 7.86. The number of hydrogen-bond donors (Lipinski definition) is 0. The lowest BCUT2D eigenvalue weighted by molar-refractivity contribution is 0.282. The fourth-order valence-corrected chi connectivity index (χ4v) is 4.59. The van der Waals surface area contributed by atoms with Gasteiger partial charge in [0.25, 0.3) is 10.1 Å². The molecule has 0 aliphatic rings. The van der Waals surface area contributed by atoms with Crippen LogP contribution in [0.2, 0.25) is 0 Å². The van der Waals surface area contributed by atoms with Crippen molar-refractivity contribution in [3.05, 3.63) is 65.7 Å². The molecule has 0 fully saturated rings. The molecule has 2 aromatic carbocycles. The Balaban J connectivity index is 1.90. The Morgan fingerprint density at radius 2 is 1.48 bits per heavy atom. The van der Waals surface area contributed by atoms with Crippen molar-refractivity contribution in [3.8, 4) is 0 Å². The molecule has 0 heterocycles. The molecule has 1 unspecified atom stereocenters. The SMILES string of the molecule is CCCCCCCCCCC(COS(=O)(=O)c1ccccc1)c1cccc(C)c1. The number of hydrogen-bond acceptors (Lipinski definition) is 3. The van der Waals surface area contributed by atoms with Gasteiger partial charge in [0.05, 0.1) is 11.5 Å². The Morgan fingerprint density at radius 1 is 0.828 bits per heavy atom. The molecule has 0 aromatic heterocycles. The highest BCUT2D eigenvalue weighted by atomic mass is 32.2. The third kappa shape index (κ3) is 8.71. The van der Waals surface area contributed by atoms with Crippen molar-refractivity contribution in [1.82, 2.24) is 0 Å². The van der Waals surface area contributed by atoms with E-state index in [1.54, 1.807) is 30.3 Å².